The van der Waals surface area contributed by atoms with Crippen LogP contribution >= 0.6 is 0 Å². The number of hydrogen-bond acceptors (Lipinski definition) is 5. The fourth-order valence-electron chi connectivity index (χ4n) is 4.22. The van der Waals surface area contributed by atoms with Gasteiger partial charge in [-0.15, -0.1) is 0 Å². The van der Waals surface area contributed by atoms with Crippen molar-refractivity contribution in [2.75, 3.05) is 13.7 Å². The molecule has 3 rings (SSSR count). The van der Waals surface area contributed by atoms with Crippen LogP contribution in [0, 0.1) is 0 Å². The molecule has 0 bridgehead atoms. The molecule has 0 saturated carbocycles. The van der Waals surface area contributed by atoms with Crippen LogP contribution in [-0.2, 0) is 18.7 Å². The normalized spacial score (nSPS) is 21.6. The molecule has 1 heterocycles. The van der Waals surface area contributed by atoms with Gasteiger partial charge in [0.2, 0.25) is 0 Å². The number of carbonyl (C=O) groups excluding carboxylic acids is 1. The van der Waals surface area contributed by atoms with Crippen molar-refractivity contribution in [2.45, 2.75) is 50.5 Å². The van der Waals surface area contributed by atoms with Crippen LogP contribution in [0.4, 0.5) is 0 Å². The second-order valence-electron chi connectivity index (χ2n) is 8.93. The highest BCUT2D eigenvalue weighted by atomic mass is 28.4. The first-order chi connectivity index (χ1) is 14.8. The molecule has 166 valence electrons. The van der Waals surface area contributed by atoms with Crippen LogP contribution in [0.3, 0.4) is 0 Å². The van der Waals surface area contributed by atoms with Crippen molar-refractivity contribution in [3.05, 3.63) is 72.8 Å². The highest BCUT2D eigenvalue weighted by Gasteiger charge is 2.50. The van der Waals surface area contributed by atoms with Crippen molar-refractivity contribution in [1.29, 1.82) is 0 Å². The maximum Gasteiger partial charge on any atom is 0.308 e. The summed E-state index contributed by atoms with van der Waals surface area (Å²) in [5.41, 5.74) is 6.33. The monoisotopic (exact) mass is 439 g/mol. The zero-order chi connectivity index (χ0) is 22.5. The molecule has 0 aliphatic carbocycles. The van der Waals surface area contributed by atoms with Crippen molar-refractivity contribution in [1.82, 2.24) is 0 Å². The van der Waals surface area contributed by atoms with E-state index in [4.69, 9.17) is 19.6 Å². The lowest BCUT2D eigenvalue weighted by atomic mass is 10.1. The molecule has 31 heavy (non-hydrogen) atoms. The van der Waals surface area contributed by atoms with Gasteiger partial charge in [-0.2, -0.15) is 0 Å². The molecular weight excluding hydrogens is 406 g/mol. The number of hydrogen-bond donors (Lipinski definition) is 1. The van der Waals surface area contributed by atoms with Gasteiger partial charge in [-0.3, -0.25) is 4.79 Å². The van der Waals surface area contributed by atoms with Crippen molar-refractivity contribution in [3.63, 3.8) is 0 Å². The standard InChI is InChI=1S/C25H33NO4Si/c1-25(2,3)31(20-11-7-5-8-12-20,21-13-9-6-10-14-21)29-18-23-22(26)16-15-19(30-23)17-24(27)28-4/h5-16,19,22-23H,17-18,26H2,1-4H3/t19-,22-,23+/m0/s1. The first-order valence-electron chi connectivity index (χ1n) is 10.7. The second kappa shape index (κ2) is 9.91. The van der Waals surface area contributed by atoms with Gasteiger partial charge in [0.1, 0.15) is 0 Å². The summed E-state index contributed by atoms with van der Waals surface area (Å²) in [6.07, 6.45) is 3.19. The number of carbonyl (C=O) groups is 1. The summed E-state index contributed by atoms with van der Waals surface area (Å²) in [7, 11) is -1.30. The molecule has 5 nitrogen and oxygen atoms in total. The summed E-state index contributed by atoms with van der Waals surface area (Å²) in [6.45, 7) is 7.05. The Morgan fingerprint density at radius 3 is 2.03 bits per heavy atom. The van der Waals surface area contributed by atoms with E-state index in [0.717, 1.165) is 0 Å². The van der Waals surface area contributed by atoms with Gasteiger partial charge in [0, 0.05) is 0 Å². The lowest BCUT2D eigenvalue weighted by Crippen LogP contribution is -2.67. The Labute approximate surface area is 186 Å². The lowest BCUT2D eigenvalue weighted by Gasteiger charge is -2.44. The Morgan fingerprint density at radius 2 is 1.55 bits per heavy atom. The summed E-state index contributed by atoms with van der Waals surface area (Å²) in [4.78, 5) is 11.7. The van der Waals surface area contributed by atoms with Gasteiger partial charge < -0.3 is 19.6 Å². The number of benzene rings is 2. The molecule has 0 fully saturated rings. The Bertz CT molecular complexity index is 840. The minimum atomic E-state index is -2.68. The molecule has 1 aliphatic heterocycles. The zero-order valence-electron chi connectivity index (χ0n) is 18.8. The van der Waals surface area contributed by atoms with E-state index in [1.807, 2.05) is 24.3 Å². The second-order valence-corrected chi connectivity index (χ2v) is 13.2. The van der Waals surface area contributed by atoms with Crippen molar-refractivity contribution in [2.24, 2.45) is 5.73 Å². The quantitative estimate of drug-likeness (QED) is 0.408. The van der Waals surface area contributed by atoms with Crippen LogP contribution < -0.4 is 16.1 Å². The largest absolute Gasteiger partial charge is 0.469 e. The van der Waals surface area contributed by atoms with Crippen LogP contribution in [0.15, 0.2) is 72.8 Å². The Balaban J connectivity index is 1.93. The van der Waals surface area contributed by atoms with Crippen molar-refractivity contribution < 1.29 is 18.7 Å². The summed E-state index contributed by atoms with van der Waals surface area (Å²) in [5, 5.41) is 2.29. The smallest absolute Gasteiger partial charge is 0.308 e. The zero-order valence-corrected chi connectivity index (χ0v) is 19.8. The predicted molar refractivity (Wildman–Crippen MR) is 126 cm³/mol. The summed E-state index contributed by atoms with van der Waals surface area (Å²) in [6, 6.07) is 20.6. The topological polar surface area (TPSA) is 70.8 Å². The van der Waals surface area contributed by atoms with E-state index in [1.54, 1.807) is 0 Å². The van der Waals surface area contributed by atoms with E-state index in [9.17, 15) is 4.79 Å². The highest BCUT2D eigenvalue weighted by Crippen LogP contribution is 2.37. The highest BCUT2D eigenvalue weighted by molar-refractivity contribution is 6.99. The van der Waals surface area contributed by atoms with E-state index in [1.165, 1.54) is 17.5 Å². The van der Waals surface area contributed by atoms with Gasteiger partial charge in [0.25, 0.3) is 8.32 Å². The summed E-state index contributed by atoms with van der Waals surface area (Å²) >= 11 is 0. The van der Waals surface area contributed by atoms with Crippen LogP contribution in [-0.4, -0.2) is 46.3 Å². The molecule has 0 radical (unpaired) electrons. The van der Waals surface area contributed by atoms with E-state index >= 15 is 0 Å². The molecule has 1 aliphatic rings. The van der Waals surface area contributed by atoms with Gasteiger partial charge in [0.15, 0.2) is 0 Å². The number of ether oxygens (including phenoxy) is 2. The first-order valence-corrected chi connectivity index (χ1v) is 12.6. The number of nitrogens with two attached hydrogens (primary N) is 1. The molecule has 2 aromatic rings. The number of methoxy groups -OCH3 is 1. The van der Waals surface area contributed by atoms with Crippen molar-refractivity contribution >= 4 is 24.7 Å². The molecule has 6 heteroatoms. The maximum atomic E-state index is 11.7. The summed E-state index contributed by atoms with van der Waals surface area (Å²) < 4.78 is 17.9. The Hall–Kier alpha value is -2.25. The van der Waals surface area contributed by atoms with Gasteiger partial charge in [-0.25, -0.2) is 0 Å². The molecule has 2 aromatic carbocycles. The minimum absolute atomic E-state index is 0.129. The maximum absolute atomic E-state index is 11.7. The third-order valence-corrected chi connectivity index (χ3v) is 10.8. The van der Waals surface area contributed by atoms with E-state index in [2.05, 4.69) is 69.3 Å². The number of rotatable bonds is 7. The van der Waals surface area contributed by atoms with Gasteiger partial charge >= 0.3 is 5.97 Å². The molecule has 0 saturated heterocycles. The minimum Gasteiger partial charge on any atom is -0.469 e. The lowest BCUT2D eigenvalue weighted by molar-refractivity contribution is -0.144. The average Bonchev–Trinajstić information content (AvgIpc) is 2.76. The van der Waals surface area contributed by atoms with Gasteiger partial charge in [0.05, 0.1) is 38.4 Å². The van der Waals surface area contributed by atoms with Crippen LogP contribution in [0.5, 0.6) is 0 Å². The molecule has 3 atom stereocenters. The summed E-state index contributed by atoms with van der Waals surface area (Å²) in [5.74, 6) is -0.309. The molecule has 0 amide bonds. The fraction of sp³-hybridized carbons (Fsp3) is 0.400. The van der Waals surface area contributed by atoms with Crippen LogP contribution in [0.1, 0.15) is 27.2 Å². The average molecular weight is 440 g/mol. The van der Waals surface area contributed by atoms with Crippen LogP contribution in [0.2, 0.25) is 5.04 Å². The van der Waals surface area contributed by atoms with E-state index in [-0.39, 0.29) is 35.7 Å². The van der Waals surface area contributed by atoms with Crippen molar-refractivity contribution in [3.8, 4) is 0 Å². The third kappa shape index (κ3) is 5.15. The molecule has 0 spiro atoms. The van der Waals surface area contributed by atoms with E-state index < -0.39 is 8.32 Å². The Morgan fingerprint density at radius 1 is 1.00 bits per heavy atom. The van der Waals surface area contributed by atoms with E-state index in [0.29, 0.717) is 6.61 Å². The van der Waals surface area contributed by atoms with Gasteiger partial charge in [-0.1, -0.05) is 93.6 Å². The molecule has 2 N–H and O–H groups in total. The Kier molecular flexibility index (Phi) is 7.49. The third-order valence-electron chi connectivity index (χ3n) is 5.80. The fourth-order valence-corrected chi connectivity index (χ4v) is 8.79. The van der Waals surface area contributed by atoms with Gasteiger partial charge in [-0.05, 0) is 15.4 Å². The first kappa shape index (κ1) is 23.4. The molecule has 0 aromatic heterocycles. The molecular formula is C25H33NO4Si. The number of esters is 1. The van der Waals surface area contributed by atoms with Crippen LogP contribution in [0.25, 0.3) is 0 Å². The SMILES string of the molecule is COC(=O)C[C@@H]1C=C[C@H](N)[C@@H](CO[Si](c2ccccc2)(c2ccccc2)C(C)(C)C)O1. The predicted octanol–water partition coefficient (Wildman–Crippen LogP) is 2.78. The molecule has 0 unspecified atom stereocenters.